The van der Waals surface area contributed by atoms with Gasteiger partial charge in [-0.05, 0) is 40.2 Å². The number of carbonyl (C=O) groups is 4. The van der Waals surface area contributed by atoms with Crippen molar-refractivity contribution in [3.63, 3.8) is 0 Å². The summed E-state index contributed by atoms with van der Waals surface area (Å²) in [6.07, 6.45) is -0.875. The van der Waals surface area contributed by atoms with Gasteiger partial charge in [-0.3, -0.25) is 14.4 Å². The van der Waals surface area contributed by atoms with Crippen molar-refractivity contribution in [1.29, 1.82) is 0 Å². The maximum absolute atomic E-state index is 13.4. The van der Waals surface area contributed by atoms with Crippen LogP contribution in [0, 0.1) is 0 Å². The third-order valence-corrected chi connectivity index (χ3v) is 4.26. The SMILES string of the molecule is COC(=O)CNC(=O)C(c1ccccc1)N(C(=O)C(CO)NC(=O)OC(C)(C)C)C(C)C. The second-order valence-electron chi connectivity index (χ2n) is 8.33. The van der Waals surface area contributed by atoms with Crippen LogP contribution in [0.4, 0.5) is 4.79 Å². The summed E-state index contributed by atoms with van der Waals surface area (Å²) < 4.78 is 9.72. The zero-order valence-electron chi connectivity index (χ0n) is 19.4. The third-order valence-electron chi connectivity index (χ3n) is 4.26. The van der Waals surface area contributed by atoms with Crippen LogP contribution in [0.15, 0.2) is 30.3 Å². The van der Waals surface area contributed by atoms with Gasteiger partial charge in [0.25, 0.3) is 0 Å². The number of esters is 1. The summed E-state index contributed by atoms with van der Waals surface area (Å²) in [5, 5.41) is 14.6. The van der Waals surface area contributed by atoms with Crippen LogP contribution in [-0.2, 0) is 23.9 Å². The summed E-state index contributed by atoms with van der Waals surface area (Å²) in [5.74, 6) is -1.94. The molecule has 3 amide bonds. The summed E-state index contributed by atoms with van der Waals surface area (Å²) in [6, 6.07) is 5.55. The van der Waals surface area contributed by atoms with Gasteiger partial charge < -0.3 is 30.1 Å². The van der Waals surface area contributed by atoms with E-state index in [0.717, 1.165) is 0 Å². The number of methoxy groups -OCH3 is 1. The normalized spacial score (nSPS) is 13.0. The van der Waals surface area contributed by atoms with Gasteiger partial charge in [0.2, 0.25) is 11.8 Å². The Bertz CT molecular complexity index is 790. The number of aliphatic hydroxyl groups is 1. The Morgan fingerprint density at radius 2 is 1.69 bits per heavy atom. The lowest BCUT2D eigenvalue weighted by Crippen LogP contribution is -2.56. The lowest BCUT2D eigenvalue weighted by molar-refractivity contribution is -0.146. The molecule has 0 bridgehead atoms. The molecular weight excluding hydrogens is 418 g/mol. The Morgan fingerprint density at radius 3 is 2.16 bits per heavy atom. The first kappa shape index (κ1) is 26.9. The number of hydrogen-bond donors (Lipinski definition) is 3. The highest BCUT2D eigenvalue weighted by Crippen LogP contribution is 2.24. The molecule has 0 radical (unpaired) electrons. The molecule has 3 N–H and O–H groups in total. The molecule has 0 aliphatic heterocycles. The maximum atomic E-state index is 13.4. The fourth-order valence-electron chi connectivity index (χ4n) is 2.90. The van der Waals surface area contributed by atoms with Crippen LogP contribution in [0.25, 0.3) is 0 Å². The summed E-state index contributed by atoms with van der Waals surface area (Å²) in [7, 11) is 1.20. The largest absolute Gasteiger partial charge is 0.468 e. The van der Waals surface area contributed by atoms with Crippen LogP contribution in [0.3, 0.4) is 0 Å². The van der Waals surface area contributed by atoms with Crippen LogP contribution < -0.4 is 10.6 Å². The molecule has 1 aromatic rings. The van der Waals surface area contributed by atoms with Gasteiger partial charge in [0.15, 0.2) is 0 Å². The number of carbonyl (C=O) groups excluding carboxylic acids is 4. The van der Waals surface area contributed by atoms with Crippen molar-refractivity contribution in [2.24, 2.45) is 0 Å². The molecule has 178 valence electrons. The minimum absolute atomic E-state index is 0.377. The molecule has 10 nitrogen and oxygen atoms in total. The molecule has 0 aromatic heterocycles. The highest BCUT2D eigenvalue weighted by molar-refractivity contribution is 5.93. The first-order valence-electron chi connectivity index (χ1n) is 10.2. The zero-order valence-corrected chi connectivity index (χ0v) is 19.4. The Kier molecular flexibility index (Phi) is 10.1. The molecule has 0 heterocycles. The number of hydrogen-bond acceptors (Lipinski definition) is 7. The van der Waals surface area contributed by atoms with Crippen LogP contribution >= 0.6 is 0 Å². The number of nitrogens with zero attached hydrogens (tertiary/aromatic N) is 1. The minimum atomic E-state index is -1.34. The lowest BCUT2D eigenvalue weighted by Gasteiger charge is -2.36. The maximum Gasteiger partial charge on any atom is 0.408 e. The first-order valence-corrected chi connectivity index (χ1v) is 10.2. The minimum Gasteiger partial charge on any atom is -0.468 e. The van der Waals surface area contributed by atoms with E-state index in [4.69, 9.17) is 4.74 Å². The number of alkyl carbamates (subject to hydrolysis) is 1. The third kappa shape index (κ3) is 8.18. The van der Waals surface area contributed by atoms with E-state index in [2.05, 4.69) is 15.4 Å². The standard InChI is InChI=1S/C22H33N3O7/c1-14(2)25(20(29)16(13-26)24-21(30)32-22(3,4)5)18(15-10-8-7-9-11-15)19(28)23-12-17(27)31-6/h7-11,14,16,18,26H,12-13H2,1-6H3,(H,23,28)(H,24,30). The topological polar surface area (TPSA) is 134 Å². The fraction of sp³-hybridized carbons (Fsp3) is 0.545. The molecule has 10 heteroatoms. The van der Waals surface area contributed by atoms with Gasteiger partial charge in [-0.1, -0.05) is 30.3 Å². The van der Waals surface area contributed by atoms with Gasteiger partial charge >= 0.3 is 12.1 Å². The van der Waals surface area contributed by atoms with Crippen molar-refractivity contribution in [2.75, 3.05) is 20.3 Å². The molecule has 0 aliphatic rings. The summed E-state index contributed by atoms with van der Waals surface area (Å²) in [6.45, 7) is 7.32. The Morgan fingerprint density at radius 1 is 1.09 bits per heavy atom. The number of benzene rings is 1. The monoisotopic (exact) mass is 451 g/mol. The highest BCUT2D eigenvalue weighted by atomic mass is 16.6. The summed E-state index contributed by atoms with van der Waals surface area (Å²) in [4.78, 5) is 51.3. The molecule has 0 fully saturated rings. The molecule has 2 unspecified atom stereocenters. The van der Waals surface area contributed by atoms with Crippen LogP contribution in [0.5, 0.6) is 0 Å². The first-order chi connectivity index (χ1) is 14.9. The zero-order chi connectivity index (χ0) is 24.5. The second kappa shape index (κ2) is 12.0. The molecule has 32 heavy (non-hydrogen) atoms. The van der Waals surface area contributed by atoms with Crippen molar-refractivity contribution in [3.8, 4) is 0 Å². The molecule has 0 spiro atoms. The molecule has 0 saturated carbocycles. The van der Waals surface area contributed by atoms with Gasteiger partial charge in [-0.2, -0.15) is 0 Å². The van der Waals surface area contributed by atoms with E-state index < -0.39 is 54.2 Å². The van der Waals surface area contributed by atoms with Crippen LogP contribution in [0.1, 0.15) is 46.2 Å². The molecular formula is C22H33N3O7. The second-order valence-corrected chi connectivity index (χ2v) is 8.33. The van der Waals surface area contributed by atoms with Crippen molar-refractivity contribution in [3.05, 3.63) is 35.9 Å². The number of rotatable bonds is 9. The number of ether oxygens (including phenoxy) is 2. The van der Waals surface area contributed by atoms with E-state index in [1.54, 1.807) is 65.0 Å². The van der Waals surface area contributed by atoms with Crippen LogP contribution in [-0.4, -0.2) is 71.8 Å². The number of aliphatic hydroxyl groups excluding tert-OH is 1. The highest BCUT2D eigenvalue weighted by Gasteiger charge is 2.37. The van der Waals surface area contributed by atoms with Gasteiger partial charge in [-0.25, -0.2) is 4.79 Å². The van der Waals surface area contributed by atoms with Gasteiger partial charge in [0.05, 0.1) is 13.7 Å². The lowest BCUT2D eigenvalue weighted by atomic mass is 10.0. The van der Waals surface area contributed by atoms with Gasteiger partial charge in [-0.15, -0.1) is 0 Å². The Balaban J connectivity index is 3.25. The Labute approximate surface area is 188 Å². The molecule has 0 aliphatic carbocycles. The van der Waals surface area contributed by atoms with Gasteiger partial charge in [0, 0.05) is 6.04 Å². The molecule has 1 rings (SSSR count). The molecule has 2 atom stereocenters. The van der Waals surface area contributed by atoms with E-state index in [9.17, 15) is 24.3 Å². The van der Waals surface area contributed by atoms with Crippen LogP contribution in [0.2, 0.25) is 0 Å². The van der Waals surface area contributed by atoms with E-state index in [1.807, 2.05) is 0 Å². The Hall–Kier alpha value is -3.14. The number of nitrogens with one attached hydrogen (secondary N) is 2. The molecule has 0 saturated heterocycles. The summed E-state index contributed by atoms with van der Waals surface area (Å²) >= 11 is 0. The van der Waals surface area contributed by atoms with E-state index in [0.29, 0.717) is 5.56 Å². The van der Waals surface area contributed by atoms with Crippen molar-refractivity contribution in [2.45, 2.75) is 58.3 Å². The smallest absolute Gasteiger partial charge is 0.408 e. The average Bonchev–Trinajstić information content (AvgIpc) is 2.72. The van der Waals surface area contributed by atoms with E-state index in [1.165, 1.54) is 12.0 Å². The predicted octanol–water partition coefficient (Wildman–Crippen LogP) is 1.14. The van der Waals surface area contributed by atoms with E-state index in [-0.39, 0.29) is 6.54 Å². The average molecular weight is 452 g/mol. The number of amides is 3. The summed E-state index contributed by atoms with van der Waals surface area (Å²) in [5.41, 5.74) is -0.309. The predicted molar refractivity (Wildman–Crippen MR) is 116 cm³/mol. The van der Waals surface area contributed by atoms with Crippen molar-refractivity contribution in [1.82, 2.24) is 15.5 Å². The van der Waals surface area contributed by atoms with Crippen molar-refractivity contribution >= 4 is 23.9 Å². The fourth-order valence-corrected chi connectivity index (χ4v) is 2.90. The molecule has 1 aromatic carbocycles. The van der Waals surface area contributed by atoms with Gasteiger partial charge in [0.1, 0.15) is 24.2 Å². The van der Waals surface area contributed by atoms with Crippen molar-refractivity contribution < 1.29 is 33.8 Å². The van der Waals surface area contributed by atoms with E-state index >= 15 is 0 Å². The quantitative estimate of drug-likeness (QED) is 0.479.